The van der Waals surface area contributed by atoms with Crippen molar-refractivity contribution in [2.75, 3.05) is 13.1 Å². The molecule has 0 heterocycles. The molecule has 0 saturated heterocycles. The first-order valence-corrected chi connectivity index (χ1v) is 4.48. The molecule has 0 aromatic heterocycles. The molecule has 0 unspecified atom stereocenters. The summed E-state index contributed by atoms with van der Waals surface area (Å²) >= 11 is 0. The number of carboxylic acids is 1. The van der Waals surface area contributed by atoms with Crippen LogP contribution in [0.1, 0.15) is 19.3 Å². The maximum absolute atomic E-state index is 10.3. The van der Waals surface area contributed by atoms with Crippen LogP contribution in [0.15, 0.2) is 12.7 Å². The molecule has 1 atom stereocenters. The third-order valence-electron chi connectivity index (χ3n) is 1.72. The van der Waals surface area contributed by atoms with Gasteiger partial charge in [-0.15, -0.1) is 6.58 Å². The van der Waals surface area contributed by atoms with Gasteiger partial charge in [0.05, 0.1) is 0 Å². The van der Waals surface area contributed by atoms with Crippen LogP contribution in [0.3, 0.4) is 0 Å². The average Bonchev–Trinajstić information content (AvgIpc) is 2.10. The fourth-order valence-electron chi connectivity index (χ4n) is 0.942. The van der Waals surface area contributed by atoms with Crippen molar-refractivity contribution < 1.29 is 9.90 Å². The Labute approximate surface area is 78.8 Å². The van der Waals surface area contributed by atoms with Crippen LogP contribution in [-0.2, 0) is 4.79 Å². The predicted octanol–water partition coefficient (Wildman–Crippen LogP) is 0.344. The van der Waals surface area contributed by atoms with Gasteiger partial charge in [-0.3, -0.25) is 4.79 Å². The Bertz CT molecular complexity index is 160. The summed E-state index contributed by atoms with van der Waals surface area (Å²) in [4.78, 5) is 10.3. The zero-order valence-corrected chi connectivity index (χ0v) is 7.83. The van der Waals surface area contributed by atoms with Gasteiger partial charge < -0.3 is 16.2 Å². The number of nitrogens with two attached hydrogens (primary N) is 1. The maximum Gasteiger partial charge on any atom is 0.320 e. The van der Waals surface area contributed by atoms with Crippen molar-refractivity contribution in [3.05, 3.63) is 12.7 Å². The van der Waals surface area contributed by atoms with E-state index in [0.717, 1.165) is 25.9 Å². The molecule has 4 nitrogen and oxygen atoms in total. The van der Waals surface area contributed by atoms with Crippen LogP contribution in [-0.4, -0.2) is 30.2 Å². The molecule has 0 bridgehead atoms. The maximum atomic E-state index is 10.3. The van der Waals surface area contributed by atoms with Gasteiger partial charge in [0, 0.05) is 6.54 Å². The molecule has 13 heavy (non-hydrogen) atoms. The highest BCUT2D eigenvalue weighted by molar-refractivity contribution is 5.72. The molecule has 0 aliphatic rings. The second-order valence-electron chi connectivity index (χ2n) is 2.93. The molecule has 76 valence electrons. The largest absolute Gasteiger partial charge is 0.480 e. The number of carbonyl (C=O) groups is 1. The van der Waals surface area contributed by atoms with Crippen LogP contribution in [0, 0.1) is 0 Å². The van der Waals surface area contributed by atoms with Gasteiger partial charge in [-0.05, 0) is 19.4 Å². The standard InChI is InChI=1S/C9H18N2O2/c1-2-6-11-7-4-3-5-8(10)9(12)13/h2,8,11H,1,3-7,10H2,(H,12,13)/t8-/m0/s1. The molecule has 0 fully saturated rings. The lowest BCUT2D eigenvalue weighted by Gasteiger charge is -2.05. The van der Waals surface area contributed by atoms with Crippen molar-refractivity contribution >= 4 is 5.97 Å². The van der Waals surface area contributed by atoms with Crippen LogP contribution in [0.25, 0.3) is 0 Å². The molecule has 0 saturated carbocycles. The van der Waals surface area contributed by atoms with E-state index >= 15 is 0 Å². The van der Waals surface area contributed by atoms with Crippen LogP contribution in [0.2, 0.25) is 0 Å². The molecule has 0 aromatic carbocycles. The first-order valence-electron chi connectivity index (χ1n) is 4.48. The van der Waals surface area contributed by atoms with Crippen molar-refractivity contribution in [1.29, 1.82) is 0 Å². The minimum Gasteiger partial charge on any atom is -0.480 e. The molecule has 0 aromatic rings. The molecule has 0 spiro atoms. The van der Waals surface area contributed by atoms with E-state index in [9.17, 15) is 4.79 Å². The van der Waals surface area contributed by atoms with Crippen LogP contribution in [0.5, 0.6) is 0 Å². The van der Waals surface area contributed by atoms with Crippen LogP contribution < -0.4 is 11.1 Å². The third-order valence-corrected chi connectivity index (χ3v) is 1.72. The number of aliphatic carboxylic acids is 1. The van der Waals surface area contributed by atoms with Gasteiger partial charge in [0.2, 0.25) is 0 Å². The molecule has 0 aliphatic carbocycles. The quantitative estimate of drug-likeness (QED) is 0.377. The smallest absolute Gasteiger partial charge is 0.320 e. The summed E-state index contributed by atoms with van der Waals surface area (Å²) < 4.78 is 0. The molecule has 0 amide bonds. The number of carboxylic acid groups (broad SMARTS) is 1. The van der Waals surface area contributed by atoms with Crippen LogP contribution >= 0.6 is 0 Å². The minimum absolute atomic E-state index is 0.547. The van der Waals surface area contributed by atoms with Crippen molar-refractivity contribution in [3.8, 4) is 0 Å². The highest BCUT2D eigenvalue weighted by atomic mass is 16.4. The fraction of sp³-hybridized carbons (Fsp3) is 0.667. The first kappa shape index (κ1) is 12.1. The van der Waals surface area contributed by atoms with Crippen molar-refractivity contribution in [3.63, 3.8) is 0 Å². The zero-order chi connectivity index (χ0) is 10.1. The Morgan fingerprint density at radius 3 is 2.85 bits per heavy atom. The molecular formula is C9H18N2O2. The Hall–Kier alpha value is -0.870. The summed E-state index contributed by atoms with van der Waals surface area (Å²) in [5.41, 5.74) is 5.32. The second-order valence-corrected chi connectivity index (χ2v) is 2.93. The second kappa shape index (κ2) is 7.76. The molecule has 4 heteroatoms. The highest BCUT2D eigenvalue weighted by Crippen LogP contribution is 1.97. The normalized spacial score (nSPS) is 12.4. The van der Waals surface area contributed by atoms with E-state index in [-0.39, 0.29) is 0 Å². The van der Waals surface area contributed by atoms with E-state index < -0.39 is 12.0 Å². The van der Waals surface area contributed by atoms with E-state index in [1.165, 1.54) is 0 Å². The average molecular weight is 186 g/mol. The van der Waals surface area contributed by atoms with Crippen molar-refractivity contribution in [2.24, 2.45) is 5.73 Å². The molecule has 4 N–H and O–H groups in total. The molecule has 0 rings (SSSR count). The summed E-state index contributed by atoms with van der Waals surface area (Å²) in [6, 6.07) is -0.709. The van der Waals surface area contributed by atoms with E-state index in [4.69, 9.17) is 10.8 Å². The number of rotatable bonds is 8. The van der Waals surface area contributed by atoms with Gasteiger partial charge in [0.1, 0.15) is 6.04 Å². The van der Waals surface area contributed by atoms with Gasteiger partial charge in [-0.1, -0.05) is 12.5 Å². The SMILES string of the molecule is C=CCNCCCC[C@H](N)C(=O)O. The van der Waals surface area contributed by atoms with E-state index in [0.29, 0.717) is 6.42 Å². The van der Waals surface area contributed by atoms with Crippen molar-refractivity contribution in [1.82, 2.24) is 5.32 Å². The van der Waals surface area contributed by atoms with E-state index in [2.05, 4.69) is 11.9 Å². The minimum atomic E-state index is -0.918. The summed E-state index contributed by atoms with van der Waals surface area (Å²) in [5.74, 6) is -0.918. The summed E-state index contributed by atoms with van der Waals surface area (Å²) in [6.07, 6.45) is 4.14. The zero-order valence-electron chi connectivity index (χ0n) is 7.83. The number of hydrogen-bond acceptors (Lipinski definition) is 3. The van der Waals surface area contributed by atoms with Crippen molar-refractivity contribution in [2.45, 2.75) is 25.3 Å². The van der Waals surface area contributed by atoms with Gasteiger partial charge in [0.25, 0.3) is 0 Å². The van der Waals surface area contributed by atoms with E-state index in [1.807, 2.05) is 0 Å². The summed E-state index contributed by atoms with van der Waals surface area (Å²) in [7, 11) is 0. The monoisotopic (exact) mass is 186 g/mol. The Morgan fingerprint density at radius 2 is 2.31 bits per heavy atom. The number of nitrogens with one attached hydrogen (secondary N) is 1. The summed E-state index contributed by atoms with van der Waals surface area (Å²) in [6.45, 7) is 5.25. The van der Waals surface area contributed by atoms with Gasteiger partial charge in [-0.25, -0.2) is 0 Å². The van der Waals surface area contributed by atoms with Gasteiger partial charge in [0.15, 0.2) is 0 Å². The lowest BCUT2D eigenvalue weighted by Crippen LogP contribution is -2.30. The topological polar surface area (TPSA) is 75.3 Å². The Kier molecular flexibility index (Phi) is 7.24. The van der Waals surface area contributed by atoms with Gasteiger partial charge >= 0.3 is 5.97 Å². The first-order chi connectivity index (χ1) is 6.18. The molecule has 0 radical (unpaired) electrons. The lowest BCUT2D eigenvalue weighted by atomic mass is 10.1. The molecule has 0 aliphatic heterocycles. The lowest BCUT2D eigenvalue weighted by molar-refractivity contribution is -0.138. The molecular weight excluding hydrogens is 168 g/mol. The highest BCUT2D eigenvalue weighted by Gasteiger charge is 2.09. The predicted molar refractivity (Wildman–Crippen MR) is 52.5 cm³/mol. The third kappa shape index (κ3) is 7.49. The fourth-order valence-corrected chi connectivity index (χ4v) is 0.942. The number of hydrogen-bond donors (Lipinski definition) is 3. The summed E-state index contributed by atoms with van der Waals surface area (Å²) in [5, 5.41) is 11.6. The number of unbranched alkanes of at least 4 members (excludes halogenated alkanes) is 1. The van der Waals surface area contributed by atoms with Crippen LogP contribution in [0.4, 0.5) is 0 Å². The Balaban J connectivity index is 3.15. The Morgan fingerprint density at radius 1 is 1.62 bits per heavy atom. The van der Waals surface area contributed by atoms with E-state index in [1.54, 1.807) is 6.08 Å². The van der Waals surface area contributed by atoms with Gasteiger partial charge in [-0.2, -0.15) is 0 Å².